The Morgan fingerprint density at radius 1 is 1.03 bits per heavy atom. The molecule has 0 spiro atoms. The SMILES string of the molecule is Cc1ccc(S(=O)(=O)N(CC(=O)Nc2ccc3c(c2)OCO3)c2cccc(Cl)c2C)cc1. The van der Waals surface area contributed by atoms with Gasteiger partial charge in [-0.25, -0.2) is 8.42 Å². The summed E-state index contributed by atoms with van der Waals surface area (Å²) in [5.41, 5.74) is 2.28. The number of nitrogens with zero attached hydrogens (tertiary/aromatic N) is 1. The molecule has 4 rings (SSSR count). The van der Waals surface area contributed by atoms with Gasteiger partial charge < -0.3 is 14.8 Å². The predicted octanol–water partition coefficient (Wildman–Crippen LogP) is 4.52. The fourth-order valence-corrected chi connectivity index (χ4v) is 4.96. The Kier molecular flexibility index (Phi) is 5.99. The monoisotopic (exact) mass is 472 g/mol. The molecular formula is C23H21ClN2O5S. The quantitative estimate of drug-likeness (QED) is 0.570. The Labute approximate surface area is 191 Å². The molecule has 0 bridgehead atoms. The average molecular weight is 473 g/mol. The Morgan fingerprint density at radius 2 is 1.75 bits per heavy atom. The van der Waals surface area contributed by atoms with Crippen LogP contribution in [0.5, 0.6) is 11.5 Å². The molecule has 32 heavy (non-hydrogen) atoms. The van der Waals surface area contributed by atoms with E-state index in [1.807, 2.05) is 6.92 Å². The first kappa shape index (κ1) is 22.0. The molecular weight excluding hydrogens is 452 g/mol. The number of ether oxygens (including phenoxy) is 2. The second-order valence-corrected chi connectivity index (χ2v) is 9.59. The summed E-state index contributed by atoms with van der Waals surface area (Å²) >= 11 is 6.25. The first-order valence-electron chi connectivity index (χ1n) is 9.80. The topological polar surface area (TPSA) is 84.9 Å². The summed E-state index contributed by atoms with van der Waals surface area (Å²) in [5.74, 6) is 0.581. The van der Waals surface area contributed by atoms with Crippen LogP contribution in [0.2, 0.25) is 5.02 Å². The number of sulfonamides is 1. The van der Waals surface area contributed by atoms with Crippen molar-refractivity contribution in [1.29, 1.82) is 0 Å². The van der Waals surface area contributed by atoms with E-state index in [1.165, 1.54) is 12.1 Å². The number of nitrogens with one attached hydrogen (secondary N) is 1. The number of halogens is 1. The van der Waals surface area contributed by atoms with Crippen LogP contribution in [-0.2, 0) is 14.8 Å². The highest BCUT2D eigenvalue weighted by atomic mass is 35.5. The number of fused-ring (bicyclic) bond motifs is 1. The van der Waals surface area contributed by atoms with Crippen molar-refractivity contribution in [1.82, 2.24) is 0 Å². The number of hydrogen-bond donors (Lipinski definition) is 1. The van der Waals surface area contributed by atoms with Gasteiger partial charge in [-0.15, -0.1) is 0 Å². The van der Waals surface area contributed by atoms with Gasteiger partial charge >= 0.3 is 0 Å². The van der Waals surface area contributed by atoms with Gasteiger partial charge in [-0.05, 0) is 55.8 Å². The van der Waals surface area contributed by atoms with Crippen molar-refractivity contribution in [2.45, 2.75) is 18.7 Å². The Hall–Kier alpha value is -3.23. The molecule has 0 saturated heterocycles. The first-order chi connectivity index (χ1) is 15.3. The standard InChI is InChI=1S/C23H21ClN2O5S/c1-15-6-9-18(10-7-15)32(28,29)26(20-5-3-4-19(24)16(20)2)13-23(27)25-17-8-11-21-22(12-17)31-14-30-21/h3-12H,13-14H2,1-2H3,(H,25,27). The summed E-state index contributed by atoms with van der Waals surface area (Å²) in [6, 6.07) is 16.4. The van der Waals surface area contributed by atoms with Crippen LogP contribution in [0.1, 0.15) is 11.1 Å². The van der Waals surface area contributed by atoms with Crippen LogP contribution in [0, 0.1) is 13.8 Å². The molecule has 1 heterocycles. The molecule has 1 N–H and O–H groups in total. The second-order valence-electron chi connectivity index (χ2n) is 7.32. The lowest BCUT2D eigenvalue weighted by Gasteiger charge is -2.26. The van der Waals surface area contributed by atoms with Crippen molar-refractivity contribution in [2.24, 2.45) is 0 Å². The maximum Gasteiger partial charge on any atom is 0.264 e. The summed E-state index contributed by atoms with van der Waals surface area (Å²) < 4.78 is 38.7. The molecule has 3 aromatic carbocycles. The number of carbonyl (C=O) groups excluding carboxylic acids is 1. The number of amides is 1. The van der Waals surface area contributed by atoms with Crippen LogP contribution in [-0.4, -0.2) is 27.7 Å². The van der Waals surface area contributed by atoms with E-state index in [0.717, 1.165) is 9.87 Å². The fourth-order valence-electron chi connectivity index (χ4n) is 3.31. The molecule has 7 nitrogen and oxygen atoms in total. The molecule has 0 radical (unpaired) electrons. The molecule has 0 fully saturated rings. The van der Waals surface area contributed by atoms with Gasteiger partial charge in [-0.2, -0.15) is 0 Å². The maximum atomic E-state index is 13.5. The third-order valence-electron chi connectivity index (χ3n) is 5.06. The van der Waals surface area contributed by atoms with E-state index in [9.17, 15) is 13.2 Å². The van der Waals surface area contributed by atoms with Crippen molar-refractivity contribution < 1.29 is 22.7 Å². The highest BCUT2D eigenvalue weighted by Crippen LogP contribution is 2.34. The smallest absolute Gasteiger partial charge is 0.264 e. The van der Waals surface area contributed by atoms with Crippen molar-refractivity contribution in [3.05, 3.63) is 76.8 Å². The molecule has 166 valence electrons. The summed E-state index contributed by atoms with van der Waals surface area (Å²) in [6.07, 6.45) is 0. The highest BCUT2D eigenvalue weighted by molar-refractivity contribution is 7.92. The molecule has 3 aromatic rings. The van der Waals surface area contributed by atoms with Crippen LogP contribution in [0.4, 0.5) is 11.4 Å². The second kappa shape index (κ2) is 8.72. The molecule has 1 amide bonds. The number of rotatable bonds is 6. The summed E-state index contributed by atoms with van der Waals surface area (Å²) in [4.78, 5) is 13.0. The fraction of sp³-hybridized carbons (Fsp3) is 0.174. The number of carbonyl (C=O) groups is 1. The van der Waals surface area contributed by atoms with Crippen LogP contribution in [0.25, 0.3) is 0 Å². The van der Waals surface area contributed by atoms with E-state index in [1.54, 1.807) is 55.5 Å². The number of benzene rings is 3. The van der Waals surface area contributed by atoms with Gasteiger partial charge in [0.2, 0.25) is 12.7 Å². The molecule has 0 unspecified atom stereocenters. The minimum atomic E-state index is -4.04. The van der Waals surface area contributed by atoms with Gasteiger partial charge in [0, 0.05) is 16.8 Å². The zero-order valence-electron chi connectivity index (χ0n) is 17.5. The van der Waals surface area contributed by atoms with Crippen molar-refractivity contribution in [3.63, 3.8) is 0 Å². The zero-order valence-corrected chi connectivity index (χ0v) is 19.0. The van der Waals surface area contributed by atoms with Crippen molar-refractivity contribution in [3.8, 4) is 11.5 Å². The lowest BCUT2D eigenvalue weighted by atomic mass is 10.2. The summed E-state index contributed by atoms with van der Waals surface area (Å²) in [7, 11) is -4.04. The predicted molar refractivity (Wildman–Crippen MR) is 123 cm³/mol. The molecule has 0 atom stereocenters. The molecule has 9 heteroatoms. The third-order valence-corrected chi connectivity index (χ3v) is 7.24. The number of hydrogen-bond acceptors (Lipinski definition) is 5. The normalized spacial score (nSPS) is 12.5. The van der Waals surface area contributed by atoms with Crippen LogP contribution in [0.3, 0.4) is 0 Å². The molecule has 0 aliphatic carbocycles. The largest absolute Gasteiger partial charge is 0.454 e. The number of anilines is 2. The van der Waals surface area contributed by atoms with Gasteiger partial charge in [0.05, 0.1) is 10.6 Å². The molecule has 1 aliphatic heterocycles. The van der Waals surface area contributed by atoms with E-state index < -0.39 is 22.5 Å². The lowest BCUT2D eigenvalue weighted by Crippen LogP contribution is -2.38. The van der Waals surface area contributed by atoms with Gasteiger partial charge in [0.1, 0.15) is 6.54 Å². The first-order valence-corrected chi connectivity index (χ1v) is 11.6. The lowest BCUT2D eigenvalue weighted by molar-refractivity contribution is -0.114. The van der Waals surface area contributed by atoms with Gasteiger partial charge in [-0.3, -0.25) is 9.10 Å². The van der Waals surface area contributed by atoms with E-state index in [0.29, 0.717) is 33.5 Å². The van der Waals surface area contributed by atoms with Gasteiger partial charge in [0.25, 0.3) is 10.0 Å². The van der Waals surface area contributed by atoms with E-state index in [4.69, 9.17) is 21.1 Å². The van der Waals surface area contributed by atoms with E-state index in [-0.39, 0.29) is 11.7 Å². The van der Waals surface area contributed by atoms with E-state index in [2.05, 4.69) is 5.32 Å². The average Bonchev–Trinajstić information content (AvgIpc) is 3.22. The van der Waals surface area contributed by atoms with Crippen molar-refractivity contribution in [2.75, 3.05) is 23.0 Å². The Balaban J connectivity index is 1.67. The number of aryl methyl sites for hydroxylation is 1. The Bertz CT molecular complexity index is 1280. The van der Waals surface area contributed by atoms with Crippen molar-refractivity contribution >= 4 is 38.9 Å². The van der Waals surface area contributed by atoms with Crippen LogP contribution >= 0.6 is 11.6 Å². The summed E-state index contributed by atoms with van der Waals surface area (Å²) in [6.45, 7) is 3.26. The van der Waals surface area contributed by atoms with Crippen LogP contribution in [0.15, 0.2) is 65.6 Å². The minimum Gasteiger partial charge on any atom is -0.454 e. The van der Waals surface area contributed by atoms with E-state index >= 15 is 0 Å². The zero-order chi connectivity index (χ0) is 22.9. The van der Waals surface area contributed by atoms with Gasteiger partial charge in [0.15, 0.2) is 11.5 Å². The third kappa shape index (κ3) is 4.37. The minimum absolute atomic E-state index is 0.0818. The van der Waals surface area contributed by atoms with Gasteiger partial charge in [-0.1, -0.05) is 35.4 Å². The molecule has 0 saturated carbocycles. The Morgan fingerprint density at radius 3 is 2.50 bits per heavy atom. The maximum absolute atomic E-state index is 13.5. The van der Waals surface area contributed by atoms with Crippen LogP contribution < -0.4 is 19.1 Å². The summed E-state index contributed by atoms with van der Waals surface area (Å²) in [5, 5.41) is 3.13. The highest BCUT2D eigenvalue weighted by Gasteiger charge is 2.29. The molecule has 0 aromatic heterocycles. The molecule has 1 aliphatic rings.